The minimum atomic E-state index is -0.368. The van der Waals surface area contributed by atoms with Gasteiger partial charge in [-0.25, -0.2) is 0 Å². The van der Waals surface area contributed by atoms with Crippen LogP contribution in [0.5, 0.6) is 0 Å². The van der Waals surface area contributed by atoms with Gasteiger partial charge in [-0.3, -0.25) is 19.2 Å². The van der Waals surface area contributed by atoms with E-state index in [0.717, 1.165) is 0 Å². The van der Waals surface area contributed by atoms with Crippen LogP contribution in [0.25, 0.3) is 0 Å². The zero-order valence-electron chi connectivity index (χ0n) is 13.9. The quantitative estimate of drug-likeness (QED) is 0.332. The van der Waals surface area contributed by atoms with E-state index in [1.807, 2.05) is 0 Å². The molecule has 0 unspecified atom stereocenters. The van der Waals surface area contributed by atoms with E-state index in [1.165, 1.54) is 27.7 Å². The van der Waals surface area contributed by atoms with Gasteiger partial charge in [0.25, 0.3) is 0 Å². The molecule has 0 N–H and O–H groups in total. The van der Waals surface area contributed by atoms with Crippen LogP contribution < -0.4 is 0 Å². The normalized spacial score (nSPS) is 9.04. The van der Waals surface area contributed by atoms with Gasteiger partial charge in [0.05, 0.1) is 13.2 Å². The van der Waals surface area contributed by atoms with Crippen molar-refractivity contribution >= 4 is 23.9 Å². The van der Waals surface area contributed by atoms with Crippen LogP contribution in [-0.4, -0.2) is 63.5 Å². The van der Waals surface area contributed by atoms with Crippen molar-refractivity contribution in [1.82, 2.24) is 0 Å². The van der Waals surface area contributed by atoms with Crippen molar-refractivity contribution in [2.24, 2.45) is 0 Å². The molecule has 0 aliphatic carbocycles. The summed E-state index contributed by atoms with van der Waals surface area (Å²) in [6.07, 6.45) is 0. The van der Waals surface area contributed by atoms with Crippen LogP contribution in [0, 0.1) is 0 Å². The van der Waals surface area contributed by atoms with Crippen LogP contribution in [0.15, 0.2) is 0 Å². The molecule has 0 atom stereocenters. The van der Waals surface area contributed by atoms with E-state index in [-0.39, 0.29) is 50.3 Å². The Morgan fingerprint density at radius 1 is 0.478 bits per heavy atom. The van der Waals surface area contributed by atoms with Gasteiger partial charge in [-0.05, 0) is 0 Å². The summed E-state index contributed by atoms with van der Waals surface area (Å²) in [5, 5.41) is 0. The molecule has 134 valence electrons. The highest BCUT2D eigenvalue weighted by Gasteiger charge is 1.95. The summed E-state index contributed by atoms with van der Waals surface area (Å²) in [5.41, 5.74) is 0. The Hall–Kier alpha value is -2.16. The molecule has 0 spiro atoms. The molecule has 9 nitrogen and oxygen atoms in total. The first-order chi connectivity index (χ1) is 10.8. The fourth-order valence-electron chi connectivity index (χ4n) is 0.961. The summed E-state index contributed by atoms with van der Waals surface area (Å²) >= 11 is 0. The molecule has 0 radical (unpaired) electrons. The third kappa shape index (κ3) is 28.7. The van der Waals surface area contributed by atoms with E-state index < -0.39 is 0 Å². The zero-order chi connectivity index (χ0) is 18.1. The number of carbonyl (C=O) groups excluding carboxylic acids is 4. The molecule has 0 bridgehead atoms. The number of ether oxygens (including phenoxy) is 5. The highest BCUT2D eigenvalue weighted by molar-refractivity contribution is 5.67. The fraction of sp³-hybridized carbons (Fsp3) is 0.714. The van der Waals surface area contributed by atoms with E-state index >= 15 is 0 Å². The number of hydrogen-bond acceptors (Lipinski definition) is 9. The first kappa shape index (κ1) is 23.1. The van der Waals surface area contributed by atoms with Crippen molar-refractivity contribution in [2.45, 2.75) is 27.7 Å². The molecule has 0 aromatic heterocycles. The lowest BCUT2D eigenvalue weighted by molar-refractivity contribution is -0.149. The average molecular weight is 336 g/mol. The van der Waals surface area contributed by atoms with Crippen molar-refractivity contribution < 1.29 is 42.9 Å². The Bertz CT molecular complexity index is 331. The largest absolute Gasteiger partial charge is 0.463 e. The molecule has 0 rings (SSSR count). The van der Waals surface area contributed by atoms with E-state index in [2.05, 4.69) is 18.9 Å². The standard InChI is InChI=1S/C8H14O5.C6H10O4/c1-7(9)12-5-3-11-4-6-13-8(2)10;1-5(7)9-3-4-10-6(2)8/h3-6H2,1-2H3;3-4H2,1-2H3. The van der Waals surface area contributed by atoms with Crippen LogP contribution >= 0.6 is 0 Å². The second kappa shape index (κ2) is 16.2. The van der Waals surface area contributed by atoms with Crippen LogP contribution in [0.4, 0.5) is 0 Å². The van der Waals surface area contributed by atoms with E-state index in [4.69, 9.17) is 4.74 Å². The van der Waals surface area contributed by atoms with Crippen LogP contribution in [0.2, 0.25) is 0 Å². The van der Waals surface area contributed by atoms with Gasteiger partial charge in [0.2, 0.25) is 0 Å². The van der Waals surface area contributed by atoms with Crippen molar-refractivity contribution in [2.75, 3.05) is 39.6 Å². The zero-order valence-corrected chi connectivity index (χ0v) is 13.9. The molecular formula is C14H24O9. The molecule has 0 amide bonds. The maximum atomic E-state index is 10.3. The second-order valence-corrected chi connectivity index (χ2v) is 3.97. The fourth-order valence-corrected chi connectivity index (χ4v) is 0.961. The third-order valence-electron chi connectivity index (χ3n) is 1.76. The third-order valence-corrected chi connectivity index (χ3v) is 1.76. The topological polar surface area (TPSA) is 114 Å². The van der Waals surface area contributed by atoms with Gasteiger partial charge in [0.15, 0.2) is 0 Å². The summed E-state index contributed by atoms with van der Waals surface area (Å²) in [6.45, 7) is 6.63. The minimum absolute atomic E-state index is 0.134. The van der Waals surface area contributed by atoms with Crippen molar-refractivity contribution in [3.8, 4) is 0 Å². The molecule has 0 aromatic rings. The number of carbonyl (C=O) groups is 4. The molecular weight excluding hydrogens is 312 g/mol. The SMILES string of the molecule is CC(=O)OCCOC(C)=O.CC(=O)OCCOCCOC(C)=O. The number of esters is 4. The smallest absolute Gasteiger partial charge is 0.302 e. The van der Waals surface area contributed by atoms with Gasteiger partial charge in [0.1, 0.15) is 26.4 Å². The van der Waals surface area contributed by atoms with Crippen molar-refractivity contribution in [3.63, 3.8) is 0 Å². The van der Waals surface area contributed by atoms with E-state index in [0.29, 0.717) is 13.2 Å². The monoisotopic (exact) mass is 336 g/mol. The maximum absolute atomic E-state index is 10.3. The Labute approximate surface area is 135 Å². The molecule has 23 heavy (non-hydrogen) atoms. The lowest BCUT2D eigenvalue weighted by atomic mass is 10.7. The first-order valence-electron chi connectivity index (χ1n) is 6.87. The Balaban J connectivity index is 0. The number of hydrogen-bond donors (Lipinski definition) is 0. The predicted octanol–water partition coefficient (Wildman–Crippen LogP) is 0.242. The van der Waals surface area contributed by atoms with Gasteiger partial charge in [0, 0.05) is 27.7 Å². The Kier molecular flexibility index (Phi) is 16.3. The Morgan fingerprint density at radius 2 is 0.696 bits per heavy atom. The summed E-state index contributed by atoms with van der Waals surface area (Å²) < 4.78 is 23.1. The first-order valence-corrected chi connectivity index (χ1v) is 6.87. The molecule has 0 aromatic carbocycles. The lowest BCUT2D eigenvalue weighted by Gasteiger charge is -2.04. The molecule has 0 saturated carbocycles. The summed E-state index contributed by atoms with van der Waals surface area (Å²) in [5.74, 6) is -1.40. The minimum Gasteiger partial charge on any atom is -0.463 e. The predicted molar refractivity (Wildman–Crippen MR) is 77.4 cm³/mol. The molecule has 0 heterocycles. The molecule has 0 aliphatic heterocycles. The van der Waals surface area contributed by atoms with E-state index in [1.54, 1.807) is 0 Å². The summed E-state index contributed by atoms with van der Waals surface area (Å²) in [6, 6.07) is 0. The van der Waals surface area contributed by atoms with E-state index in [9.17, 15) is 19.2 Å². The summed E-state index contributed by atoms with van der Waals surface area (Å²) in [7, 11) is 0. The maximum Gasteiger partial charge on any atom is 0.302 e. The van der Waals surface area contributed by atoms with Gasteiger partial charge < -0.3 is 23.7 Å². The van der Waals surface area contributed by atoms with Crippen LogP contribution in [0.1, 0.15) is 27.7 Å². The average Bonchev–Trinajstić information content (AvgIpc) is 2.42. The highest BCUT2D eigenvalue weighted by atomic mass is 16.6. The molecule has 0 fully saturated rings. The molecule has 0 aliphatic rings. The van der Waals surface area contributed by atoms with Crippen molar-refractivity contribution in [3.05, 3.63) is 0 Å². The lowest BCUT2D eigenvalue weighted by Crippen LogP contribution is -2.12. The summed E-state index contributed by atoms with van der Waals surface area (Å²) in [4.78, 5) is 40.8. The highest BCUT2D eigenvalue weighted by Crippen LogP contribution is 1.82. The van der Waals surface area contributed by atoms with Gasteiger partial charge >= 0.3 is 23.9 Å². The Morgan fingerprint density at radius 3 is 0.913 bits per heavy atom. The van der Waals surface area contributed by atoms with Gasteiger partial charge in [-0.1, -0.05) is 0 Å². The van der Waals surface area contributed by atoms with Crippen LogP contribution in [0.3, 0.4) is 0 Å². The second-order valence-electron chi connectivity index (χ2n) is 3.97. The van der Waals surface area contributed by atoms with Gasteiger partial charge in [-0.15, -0.1) is 0 Å². The molecule has 9 heteroatoms. The van der Waals surface area contributed by atoms with Gasteiger partial charge in [-0.2, -0.15) is 0 Å². The number of rotatable bonds is 9. The van der Waals surface area contributed by atoms with Crippen molar-refractivity contribution in [1.29, 1.82) is 0 Å². The van der Waals surface area contributed by atoms with Crippen LogP contribution in [-0.2, 0) is 42.9 Å². The molecule has 0 saturated heterocycles.